The first-order valence-corrected chi connectivity index (χ1v) is 8.85. The van der Waals surface area contributed by atoms with Crippen LogP contribution in [0.2, 0.25) is 0 Å². The summed E-state index contributed by atoms with van der Waals surface area (Å²) in [4.78, 5) is 13.5. The monoisotopic (exact) mass is 368 g/mol. The summed E-state index contributed by atoms with van der Waals surface area (Å²) in [7, 11) is 0. The van der Waals surface area contributed by atoms with Crippen molar-refractivity contribution in [3.63, 3.8) is 0 Å². The molecule has 1 amide bonds. The van der Waals surface area contributed by atoms with E-state index in [1.54, 1.807) is 12.1 Å². The van der Waals surface area contributed by atoms with E-state index < -0.39 is 12.4 Å². The minimum atomic E-state index is -3.60. The number of hydrogen-bond acceptors (Lipinski definition) is 5. The van der Waals surface area contributed by atoms with Crippen molar-refractivity contribution in [2.75, 3.05) is 13.1 Å². The highest BCUT2D eigenvalue weighted by Gasteiger charge is 2.44. The molecule has 142 valence electrons. The van der Waals surface area contributed by atoms with Crippen molar-refractivity contribution in [3.8, 4) is 11.5 Å². The lowest BCUT2D eigenvalue weighted by atomic mass is 9.77. The normalized spacial score (nSPS) is 32.3. The van der Waals surface area contributed by atoms with Crippen molar-refractivity contribution in [1.29, 1.82) is 0 Å². The van der Waals surface area contributed by atoms with Gasteiger partial charge in [0.1, 0.15) is 0 Å². The highest BCUT2D eigenvalue weighted by Crippen LogP contribution is 2.42. The van der Waals surface area contributed by atoms with Gasteiger partial charge in [0.05, 0.1) is 12.1 Å². The Hall–Kier alpha value is -1.93. The third kappa shape index (κ3) is 3.48. The second kappa shape index (κ2) is 6.35. The largest absolute Gasteiger partial charge is 0.586 e. The number of alkyl halides is 2. The van der Waals surface area contributed by atoms with E-state index in [0.717, 1.165) is 25.1 Å². The number of carbonyl (C=O) groups excluding carboxylic acids is 1. The van der Waals surface area contributed by atoms with Crippen LogP contribution >= 0.6 is 0 Å². The van der Waals surface area contributed by atoms with E-state index in [9.17, 15) is 18.7 Å². The number of halogens is 2. The van der Waals surface area contributed by atoms with Crippen molar-refractivity contribution in [2.45, 2.75) is 44.8 Å². The average molecular weight is 368 g/mol. The Morgan fingerprint density at radius 3 is 2.69 bits per heavy atom. The van der Waals surface area contributed by atoms with Crippen molar-refractivity contribution in [2.24, 2.45) is 11.8 Å². The summed E-state index contributed by atoms with van der Waals surface area (Å²) in [6.07, 6.45) is -2.69. The summed E-state index contributed by atoms with van der Waals surface area (Å²) in [6.45, 7) is 3.79. The van der Waals surface area contributed by atoms with E-state index >= 15 is 0 Å². The summed E-state index contributed by atoms with van der Waals surface area (Å²) in [5.74, 6) is 0.779. The number of fused-ring (bicyclic) bond motifs is 2. The first-order valence-electron chi connectivity index (χ1n) is 8.85. The van der Waals surface area contributed by atoms with Gasteiger partial charge in [-0.3, -0.25) is 9.69 Å². The van der Waals surface area contributed by atoms with Crippen LogP contribution in [0.15, 0.2) is 18.2 Å². The second-order valence-corrected chi connectivity index (χ2v) is 7.51. The Bertz CT molecular complexity index is 714. The number of aliphatic hydroxyl groups is 1. The smallest absolute Gasteiger partial charge is 0.395 e. The predicted molar refractivity (Wildman–Crippen MR) is 87.7 cm³/mol. The fourth-order valence-corrected chi connectivity index (χ4v) is 4.42. The molecule has 1 aromatic rings. The van der Waals surface area contributed by atoms with E-state index in [0.29, 0.717) is 24.8 Å². The third-order valence-corrected chi connectivity index (χ3v) is 5.48. The molecule has 0 unspecified atom stereocenters. The molecule has 2 fully saturated rings. The maximum atomic E-state index is 13.1. The van der Waals surface area contributed by atoms with Gasteiger partial charge in [-0.1, -0.05) is 6.07 Å². The van der Waals surface area contributed by atoms with Crippen LogP contribution in [0.5, 0.6) is 11.5 Å². The zero-order chi connectivity index (χ0) is 18.5. The Labute approximate surface area is 150 Å². The molecule has 0 spiro atoms. The Morgan fingerprint density at radius 2 is 1.96 bits per heavy atom. The third-order valence-electron chi connectivity index (χ3n) is 5.48. The lowest BCUT2D eigenvalue weighted by Gasteiger charge is -2.35. The first-order chi connectivity index (χ1) is 12.3. The van der Waals surface area contributed by atoms with Crippen LogP contribution in [0.3, 0.4) is 0 Å². The van der Waals surface area contributed by atoms with Gasteiger partial charge in [-0.05, 0) is 42.4 Å². The Balaban J connectivity index is 1.39. The van der Waals surface area contributed by atoms with E-state index in [1.807, 2.05) is 0 Å². The molecule has 1 saturated heterocycles. The molecule has 0 radical (unpaired) electrons. The van der Waals surface area contributed by atoms with Gasteiger partial charge in [0.15, 0.2) is 11.5 Å². The summed E-state index contributed by atoms with van der Waals surface area (Å²) < 4.78 is 35.2. The molecule has 2 aliphatic heterocycles. The fraction of sp³-hybridized carbons (Fsp3) is 0.611. The molecule has 26 heavy (non-hydrogen) atoms. The number of hydrogen-bond donors (Lipinski definition) is 2. The van der Waals surface area contributed by atoms with E-state index in [1.165, 1.54) is 13.0 Å². The number of carbonyl (C=O) groups is 1. The Morgan fingerprint density at radius 1 is 1.27 bits per heavy atom. The number of rotatable bonds is 3. The molecule has 1 aromatic carbocycles. The summed E-state index contributed by atoms with van der Waals surface area (Å²) in [6, 6.07) is 4.67. The van der Waals surface area contributed by atoms with Crippen LogP contribution in [-0.4, -0.2) is 47.4 Å². The zero-order valence-corrected chi connectivity index (χ0v) is 14.5. The highest BCUT2D eigenvalue weighted by atomic mass is 19.3. The molecular weight excluding hydrogens is 346 g/mol. The lowest BCUT2D eigenvalue weighted by molar-refractivity contribution is -0.286. The number of nitrogens with one attached hydrogen (secondary N) is 1. The molecule has 0 bridgehead atoms. The molecule has 2 heterocycles. The maximum Gasteiger partial charge on any atom is 0.586 e. The summed E-state index contributed by atoms with van der Waals surface area (Å²) >= 11 is 0. The first kappa shape index (κ1) is 17.5. The molecule has 1 aliphatic carbocycles. The molecule has 8 heteroatoms. The van der Waals surface area contributed by atoms with Gasteiger partial charge in [-0.25, -0.2) is 0 Å². The quantitative estimate of drug-likeness (QED) is 0.850. The van der Waals surface area contributed by atoms with Crippen LogP contribution in [0.4, 0.5) is 8.78 Å². The highest BCUT2D eigenvalue weighted by molar-refractivity contribution is 5.73. The van der Waals surface area contributed by atoms with E-state index in [-0.39, 0.29) is 23.4 Å². The number of nitrogens with zero attached hydrogens (tertiary/aromatic N) is 1. The minimum Gasteiger partial charge on any atom is -0.395 e. The number of benzene rings is 1. The van der Waals surface area contributed by atoms with E-state index in [4.69, 9.17) is 0 Å². The molecule has 0 aromatic heterocycles. The predicted octanol–water partition coefficient (Wildman–Crippen LogP) is 1.72. The van der Waals surface area contributed by atoms with Crippen molar-refractivity contribution < 1.29 is 28.2 Å². The number of likely N-dealkylation sites (tertiary alicyclic amines) is 1. The second-order valence-electron chi connectivity index (χ2n) is 7.51. The molecule has 1 saturated carbocycles. The molecular formula is C18H22F2N2O4. The van der Waals surface area contributed by atoms with Gasteiger partial charge >= 0.3 is 6.29 Å². The standard InChI is InChI=1S/C18H22F2N2O4/c1-10(23)21-14-5-12-8-22(9-13(12)6-15(14)24)7-11-2-3-16-17(4-11)26-18(19,20)25-16/h2-4,12-15,24H,5-9H2,1H3,(H,21,23)/t12-,13+,14-,15-/m1/s1. The molecule has 6 nitrogen and oxygen atoms in total. The van der Waals surface area contributed by atoms with E-state index in [2.05, 4.69) is 19.7 Å². The van der Waals surface area contributed by atoms with Gasteiger partial charge in [0.25, 0.3) is 0 Å². The van der Waals surface area contributed by atoms with Crippen LogP contribution < -0.4 is 14.8 Å². The van der Waals surface area contributed by atoms with Gasteiger partial charge in [0.2, 0.25) is 5.91 Å². The van der Waals surface area contributed by atoms with Crippen LogP contribution in [0, 0.1) is 11.8 Å². The summed E-state index contributed by atoms with van der Waals surface area (Å²) in [5, 5.41) is 13.1. The van der Waals surface area contributed by atoms with Crippen molar-refractivity contribution in [3.05, 3.63) is 23.8 Å². The van der Waals surface area contributed by atoms with Gasteiger partial charge in [0, 0.05) is 26.6 Å². The zero-order valence-electron chi connectivity index (χ0n) is 14.5. The van der Waals surface area contributed by atoms with Crippen molar-refractivity contribution in [1.82, 2.24) is 10.2 Å². The number of aliphatic hydroxyl groups excluding tert-OH is 1. The molecule has 4 atom stereocenters. The summed E-state index contributed by atoms with van der Waals surface area (Å²) in [5.41, 5.74) is 0.877. The van der Waals surface area contributed by atoms with Gasteiger partial charge in [-0.2, -0.15) is 0 Å². The fourth-order valence-electron chi connectivity index (χ4n) is 4.42. The van der Waals surface area contributed by atoms with Gasteiger partial charge in [-0.15, -0.1) is 8.78 Å². The van der Waals surface area contributed by atoms with Crippen LogP contribution in [0.25, 0.3) is 0 Å². The minimum absolute atomic E-state index is 0.0510. The lowest BCUT2D eigenvalue weighted by Crippen LogP contribution is -2.48. The van der Waals surface area contributed by atoms with Crippen LogP contribution in [0.1, 0.15) is 25.3 Å². The van der Waals surface area contributed by atoms with Gasteiger partial charge < -0.3 is 19.9 Å². The number of amides is 1. The molecule has 2 N–H and O–H groups in total. The molecule has 4 rings (SSSR count). The van der Waals surface area contributed by atoms with Crippen molar-refractivity contribution >= 4 is 5.91 Å². The maximum absolute atomic E-state index is 13.1. The SMILES string of the molecule is CC(=O)N[C@@H]1C[C@@H]2CN(Cc3ccc4c(c3)OC(F)(F)O4)C[C@@H]2C[C@H]1O. The Kier molecular flexibility index (Phi) is 4.27. The average Bonchev–Trinajstić information content (AvgIpc) is 3.04. The number of ether oxygens (including phenoxy) is 2. The topological polar surface area (TPSA) is 71.0 Å². The molecule has 3 aliphatic rings. The van der Waals surface area contributed by atoms with Crippen LogP contribution in [-0.2, 0) is 11.3 Å².